The summed E-state index contributed by atoms with van der Waals surface area (Å²) in [5.74, 6) is -0.0237. The summed E-state index contributed by atoms with van der Waals surface area (Å²) in [5.41, 5.74) is 5.53. The second-order valence-electron chi connectivity index (χ2n) is 3.95. The van der Waals surface area contributed by atoms with Gasteiger partial charge in [-0.25, -0.2) is 0 Å². The van der Waals surface area contributed by atoms with Crippen molar-refractivity contribution in [2.75, 3.05) is 13.2 Å². The maximum Gasteiger partial charge on any atom is 0.175 e. The van der Waals surface area contributed by atoms with Crippen molar-refractivity contribution in [3.05, 3.63) is 0 Å². The molecule has 1 atom stereocenters. The van der Waals surface area contributed by atoms with Gasteiger partial charge in [-0.2, -0.15) is 0 Å². The molecule has 1 unspecified atom stereocenters. The predicted molar refractivity (Wildman–Crippen MR) is 48.9 cm³/mol. The van der Waals surface area contributed by atoms with Crippen LogP contribution < -0.4 is 5.73 Å². The molecule has 72 valence electrons. The molecule has 0 spiro atoms. The van der Waals surface area contributed by atoms with E-state index in [2.05, 4.69) is 0 Å². The van der Waals surface area contributed by atoms with Gasteiger partial charge in [0.2, 0.25) is 0 Å². The molecule has 0 saturated carbocycles. The number of carbonyl (C=O) groups is 1. The first-order valence-electron chi connectivity index (χ1n) is 4.25. The van der Waals surface area contributed by atoms with Crippen molar-refractivity contribution in [3.8, 4) is 0 Å². The van der Waals surface area contributed by atoms with Gasteiger partial charge in [0, 0.05) is 6.61 Å². The molecule has 0 aromatic carbocycles. The molecule has 0 aliphatic rings. The minimum absolute atomic E-state index is 0.0237. The summed E-state index contributed by atoms with van der Waals surface area (Å²) in [4.78, 5) is 11.3. The van der Waals surface area contributed by atoms with Gasteiger partial charge in [0.25, 0.3) is 0 Å². The van der Waals surface area contributed by atoms with E-state index in [4.69, 9.17) is 10.5 Å². The highest BCUT2D eigenvalue weighted by atomic mass is 16.5. The normalized spacial score (nSPS) is 14.4. The lowest BCUT2D eigenvalue weighted by Crippen LogP contribution is -2.44. The molecule has 0 aliphatic heterocycles. The van der Waals surface area contributed by atoms with Crippen LogP contribution in [0, 0.1) is 5.41 Å². The van der Waals surface area contributed by atoms with Gasteiger partial charge in [-0.15, -0.1) is 0 Å². The maximum atomic E-state index is 11.3. The maximum absolute atomic E-state index is 11.3. The molecule has 0 amide bonds. The number of Topliss-reactive ketones (excluding diaryl/α,β-unsaturated/α-hetero) is 1. The first kappa shape index (κ1) is 11.6. The van der Waals surface area contributed by atoms with Gasteiger partial charge in [-0.1, -0.05) is 20.8 Å². The van der Waals surface area contributed by atoms with Gasteiger partial charge in [0.1, 0.15) is 6.61 Å². The predicted octanol–water partition coefficient (Wildman–Crippen LogP) is 0.965. The van der Waals surface area contributed by atoms with Crippen LogP contribution in [0.3, 0.4) is 0 Å². The number of ketones is 1. The van der Waals surface area contributed by atoms with Gasteiger partial charge in [-0.05, 0) is 12.3 Å². The summed E-state index contributed by atoms with van der Waals surface area (Å²) in [6, 6.07) is -0.427. The van der Waals surface area contributed by atoms with E-state index in [-0.39, 0.29) is 17.8 Å². The highest BCUT2D eigenvalue weighted by Gasteiger charge is 2.26. The average Bonchev–Trinajstić information content (AvgIpc) is 1.97. The van der Waals surface area contributed by atoms with E-state index in [9.17, 15) is 4.79 Å². The number of rotatable bonds is 4. The fraction of sp³-hybridized carbons (Fsp3) is 0.889. The van der Waals surface area contributed by atoms with E-state index in [0.29, 0.717) is 6.61 Å². The van der Waals surface area contributed by atoms with Crippen LogP contribution in [0.4, 0.5) is 0 Å². The van der Waals surface area contributed by atoms with Crippen LogP contribution in [0.15, 0.2) is 0 Å². The zero-order chi connectivity index (χ0) is 9.78. The Morgan fingerprint density at radius 1 is 1.50 bits per heavy atom. The number of hydrogen-bond acceptors (Lipinski definition) is 3. The van der Waals surface area contributed by atoms with Crippen molar-refractivity contribution in [2.45, 2.75) is 33.7 Å². The largest absolute Gasteiger partial charge is 0.374 e. The molecular weight excluding hydrogens is 154 g/mol. The molecule has 3 heteroatoms. The fourth-order valence-electron chi connectivity index (χ4n) is 0.775. The lowest BCUT2D eigenvalue weighted by molar-refractivity contribution is -0.126. The van der Waals surface area contributed by atoms with E-state index in [0.717, 1.165) is 0 Å². The molecule has 3 nitrogen and oxygen atoms in total. The zero-order valence-electron chi connectivity index (χ0n) is 8.39. The number of carbonyl (C=O) groups excluding carboxylic acids is 1. The third kappa shape index (κ3) is 3.83. The number of nitrogens with two attached hydrogens (primary N) is 1. The molecule has 2 N–H and O–H groups in total. The van der Waals surface area contributed by atoms with Crippen LogP contribution in [-0.2, 0) is 9.53 Å². The van der Waals surface area contributed by atoms with Crippen molar-refractivity contribution in [1.82, 2.24) is 0 Å². The molecule has 0 fully saturated rings. The van der Waals surface area contributed by atoms with Crippen LogP contribution in [0.1, 0.15) is 27.7 Å². The highest BCUT2D eigenvalue weighted by molar-refractivity contribution is 5.85. The Morgan fingerprint density at radius 3 is 2.33 bits per heavy atom. The average molecular weight is 173 g/mol. The zero-order valence-corrected chi connectivity index (χ0v) is 8.39. The van der Waals surface area contributed by atoms with Gasteiger partial charge >= 0.3 is 0 Å². The Hall–Kier alpha value is -0.410. The lowest BCUT2D eigenvalue weighted by atomic mass is 9.85. The third-order valence-corrected chi connectivity index (χ3v) is 1.73. The summed E-state index contributed by atoms with van der Waals surface area (Å²) < 4.78 is 4.98. The molecule has 0 radical (unpaired) electrons. The highest BCUT2D eigenvalue weighted by Crippen LogP contribution is 2.17. The molecule has 0 saturated heterocycles. The summed E-state index contributed by atoms with van der Waals surface area (Å²) in [6.07, 6.45) is 0. The molecule has 0 heterocycles. The van der Waals surface area contributed by atoms with Crippen molar-refractivity contribution >= 4 is 5.78 Å². The van der Waals surface area contributed by atoms with E-state index in [1.165, 1.54) is 0 Å². The Labute approximate surface area is 74.3 Å². The Kier molecular flexibility index (Phi) is 4.42. The lowest BCUT2D eigenvalue weighted by Gasteiger charge is -2.25. The number of ether oxygens (including phenoxy) is 1. The van der Waals surface area contributed by atoms with Crippen LogP contribution in [0.5, 0.6) is 0 Å². The van der Waals surface area contributed by atoms with Crippen LogP contribution in [0.25, 0.3) is 0 Å². The van der Waals surface area contributed by atoms with Gasteiger partial charge in [0.15, 0.2) is 5.78 Å². The van der Waals surface area contributed by atoms with Crippen molar-refractivity contribution in [3.63, 3.8) is 0 Å². The first-order valence-corrected chi connectivity index (χ1v) is 4.25. The third-order valence-electron chi connectivity index (χ3n) is 1.73. The topological polar surface area (TPSA) is 52.3 Å². The van der Waals surface area contributed by atoms with Crippen LogP contribution in [-0.4, -0.2) is 25.0 Å². The Bertz CT molecular complexity index is 149. The van der Waals surface area contributed by atoms with Crippen LogP contribution in [0.2, 0.25) is 0 Å². The van der Waals surface area contributed by atoms with Crippen LogP contribution >= 0.6 is 0 Å². The molecule has 0 aromatic rings. The van der Waals surface area contributed by atoms with Crippen molar-refractivity contribution in [1.29, 1.82) is 0 Å². The summed E-state index contributed by atoms with van der Waals surface area (Å²) >= 11 is 0. The summed E-state index contributed by atoms with van der Waals surface area (Å²) in [5, 5.41) is 0. The standard InChI is InChI=1S/C9H19NO2/c1-5-12-6-7(11)8(10)9(2,3)4/h8H,5-6,10H2,1-4H3. The molecule has 0 aromatic heterocycles. The smallest absolute Gasteiger partial charge is 0.175 e. The van der Waals surface area contributed by atoms with Crippen molar-refractivity contribution in [2.24, 2.45) is 11.1 Å². The minimum Gasteiger partial charge on any atom is -0.374 e. The molecule has 0 rings (SSSR count). The minimum atomic E-state index is -0.427. The monoisotopic (exact) mass is 173 g/mol. The van der Waals surface area contributed by atoms with E-state index < -0.39 is 6.04 Å². The number of hydrogen-bond donors (Lipinski definition) is 1. The summed E-state index contributed by atoms with van der Waals surface area (Å²) in [6.45, 7) is 8.39. The van der Waals surface area contributed by atoms with Gasteiger partial charge < -0.3 is 10.5 Å². The Morgan fingerprint density at radius 2 is 2.00 bits per heavy atom. The fourth-order valence-corrected chi connectivity index (χ4v) is 0.775. The molecular formula is C9H19NO2. The van der Waals surface area contributed by atoms with Gasteiger partial charge in [-0.3, -0.25) is 4.79 Å². The second-order valence-corrected chi connectivity index (χ2v) is 3.95. The Balaban J connectivity index is 3.94. The molecule has 0 aliphatic carbocycles. The van der Waals surface area contributed by atoms with E-state index in [1.54, 1.807) is 0 Å². The van der Waals surface area contributed by atoms with E-state index >= 15 is 0 Å². The molecule has 12 heavy (non-hydrogen) atoms. The first-order chi connectivity index (χ1) is 5.39. The van der Waals surface area contributed by atoms with Crippen molar-refractivity contribution < 1.29 is 9.53 Å². The van der Waals surface area contributed by atoms with Gasteiger partial charge in [0.05, 0.1) is 6.04 Å². The molecule has 0 bridgehead atoms. The SMILES string of the molecule is CCOCC(=O)C(N)C(C)(C)C. The van der Waals surface area contributed by atoms with E-state index in [1.807, 2.05) is 27.7 Å². The second kappa shape index (κ2) is 4.58. The summed E-state index contributed by atoms with van der Waals surface area (Å²) in [7, 11) is 0. The quantitative estimate of drug-likeness (QED) is 0.689.